The van der Waals surface area contributed by atoms with E-state index in [-0.39, 0.29) is 5.91 Å². The number of aromatic nitrogens is 1. The van der Waals surface area contributed by atoms with Gasteiger partial charge in [-0.25, -0.2) is 0 Å². The van der Waals surface area contributed by atoms with Crippen LogP contribution in [0.4, 0.5) is 0 Å². The van der Waals surface area contributed by atoms with Gasteiger partial charge in [0.2, 0.25) is 5.91 Å². The van der Waals surface area contributed by atoms with Gasteiger partial charge in [0.05, 0.1) is 0 Å². The minimum atomic E-state index is 0.0982. The van der Waals surface area contributed by atoms with Crippen LogP contribution in [0.15, 0.2) is 65.8 Å². The molecule has 3 nitrogen and oxygen atoms in total. The van der Waals surface area contributed by atoms with Crippen molar-refractivity contribution in [2.24, 2.45) is 5.92 Å². The zero-order valence-electron chi connectivity index (χ0n) is 13.0. The zero-order valence-corrected chi connectivity index (χ0v) is 13.8. The van der Waals surface area contributed by atoms with E-state index in [4.69, 9.17) is 0 Å². The van der Waals surface area contributed by atoms with Gasteiger partial charge in [-0.2, -0.15) is 0 Å². The van der Waals surface area contributed by atoms with E-state index in [0.29, 0.717) is 5.92 Å². The van der Waals surface area contributed by atoms with E-state index < -0.39 is 0 Å². The molecular weight excluding hydrogens is 304 g/mol. The molecule has 1 fully saturated rings. The summed E-state index contributed by atoms with van der Waals surface area (Å²) in [6.45, 7) is 1.71. The van der Waals surface area contributed by atoms with Crippen molar-refractivity contribution in [2.45, 2.75) is 11.3 Å². The molecule has 1 aliphatic rings. The number of carbonyl (C=O) groups excluding carboxylic acids is 1. The third kappa shape index (κ3) is 4.70. The molecule has 1 aliphatic heterocycles. The van der Waals surface area contributed by atoms with Gasteiger partial charge in [0, 0.05) is 42.2 Å². The topological polar surface area (TPSA) is 33.2 Å². The number of nitrogens with zero attached hydrogens (tertiary/aromatic N) is 2. The average Bonchev–Trinajstić information content (AvgIpc) is 3.09. The quantitative estimate of drug-likeness (QED) is 0.620. The number of carbonyl (C=O) groups is 1. The molecular formula is C19H20N2OS. The second-order valence-corrected chi connectivity index (χ2v) is 6.78. The molecule has 118 valence electrons. The number of amides is 1. The molecule has 0 radical (unpaired) electrons. The predicted octanol–water partition coefficient (Wildman–Crippen LogP) is 3.74. The molecule has 23 heavy (non-hydrogen) atoms. The van der Waals surface area contributed by atoms with Gasteiger partial charge in [0.1, 0.15) is 0 Å². The van der Waals surface area contributed by atoms with Crippen molar-refractivity contribution in [3.05, 3.63) is 66.5 Å². The molecule has 1 saturated heterocycles. The van der Waals surface area contributed by atoms with Gasteiger partial charge < -0.3 is 4.90 Å². The Balaban J connectivity index is 1.47. The van der Waals surface area contributed by atoms with Crippen LogP contribution in [-0.4, -0.2) is 34.6 Å². The molecule has 0 spiro atoms. The van der Waals surface area contributed by atoms with Crippen molar-refractivity contribution in [3.8, 4) is 0 Å². The fourth-order valence-electron chi connectivity index (χ4n) is 2.65. The first-order chi connectivity index (χ1) is 11.3. The minimum absolute atomic E-state index is 0.0982. The summed E-state index contributed by atoms with van der Waals surface area (Å²) < 4.78 is 0. The first kappa shape index (κ1) is 15.8. The van der Waals surface area contributed by atoms with Crippen LogP contribution in [0.3, 0.4) is 0 Å². The summed E-state index contributed by atoms with van der Waals surface area (Å²) in [5.74, 6) is 1.75. The molecule has 1 amide bonds. The van der Waals surface area contributed by atoms with E-state index in [9.17, 15) is 4.79 Å². The van der Waals surface area contributed by atoms with Crippen molar-refractivity contribution in [2.75, 3.05) is 18.8 Å². The summed E-state index contributed by atoms with van der Waals surface area (Å²) in [4.78, 5) is 19.5. The van der Waals surface area contributed by atoms with Gasteiger partial charge in [-0.15, -0.1) is 11.8 Å². The monoisotopic (exact) mass is 324 g/mol. The summed E-state index contributed by atoms with van der Waals surface area (Å²) >= 11 is 1.88. The number of hydrogen-bond acceptors (Lipinski definition) is 3. The van der Waals surface area contributed by atoms with Gasteiger partial charge in [-0.3, -0.25) is 9.78 Å². The molecule has 0 saturated carbocycles. The highest BCUT2D eigenvalue weighted by Gasteiger charge is 2.24. The van der Waals surface area contributed by atoms with E-state index in [1.807, 2.05) is 40.9 Å². The molecule has 0 bridgehead atoms. The van der Waals surface area contributed by atoms with Gasteiger partial charge in [0.15, 0.2) is 0 Å². The summed E-state index contributed by atoms with van der Waals surface area (Å²) in [6, 6.07) is 14.3. The Hall–Kier alpha value is -2.07. The first-order valence-corrected chi connectivity index (χ1v) is 8.85. The van der Waals surface area contributed by atoms with Gasteiger partial charge in [-0.05, 0) is 42.2 Å². The Kier molecular flexibility index (Phi) is 5.48. The molecule has 1 atom stereocenters. The number of benzene rings is 1. The summed E-state index contributed by atoms with van der Waals surface area (Å²) in [5, 5.41) is 0. The van der Waals surface area contributed by atoms with E-state index in [1.165, 1.54) is 4.90 Å². The molecule has 2 heterocycles. The van der Waals surface area contributed by atoms with Crippen molar-refractivity contribution in [1.29, 1.82) is 0 Å². The summed E-state index contributed by atoms with van der Waals surface area (Å²) in [6.07, 6.45) is 8.07. The number of hydrogen-bond donors (Lipinski definition) is 0. The Labute approximate surface area is 141 Å². The van der Waals surface area contributed by atoms with Gasteiger partial charge in [0.25, 0.3) is 0 Å². The molecule has 1 aromatic heterocycles. The van der Waals surface area contributed by atoms with Gasteiger partial charge in [-0.1, -0.05) is 24.3 Å². The fraction of sp³-hybridized carbons (Fsp3) is 0.263. The third-order valence-corrected chi connectivity index (χ3v) is 5.17. The van der Waals surface area contributed by atoms with Crippen LogP contribution in [0, 0.1) is 5.92 Å². The highest BCUT2D eigenvalue weighted by molar-refractivity contribution is 7.99. The second kappa shape index (κ2) is 7.97. The summed E-state index contributed by atoms with van der Waals surface area (Å²) in [7, 11) is 0. The van der Waals surface area contributed by atoms with Crippen LogP contribution in [0.1, 0.15) is 12.0 Å². The largest absolute Gasteiger partial charge is 0.339 e. The number of likely N-dealkylation sites (tertiary alicyclic amines) is 1. The van der Waals surface area contributed by atoms with E-state index in [1.54, 1.807) is 18.5 Å². The van der Waals surface area contributed by atoms with Gasteiger partial charge >= 0.3 is 0 Å². The molecule has 0 aliphatic carbocycles. The Bertz CT molecular complexity index is 658. The lowest BCUT2D eigenvalue weighted by molar-refractivity contribution is -0.125. The normalized spacial score (nSPS) is 17.7. The second-order valence-electron chi connectivity index (χ2n) is 5.68. The lowest BCUT2D eigenvalue weighted by Gasteiger charge is -2.14. The SMILES string of the molecule is O=C(C=Cc1cccnc1)N1CCC(CSc2ccccc2)C1. The Morgan fingerprint density at radius 2 is 2.13 bits per heavy atom. The van der Waals surface area contributed by atoms with E-state index in [2.05, 4.69) is 29.2 Å². The lowest BCUT2D eigenvalue weighted by Crippen LogP contribution is -2.27. The van der Waals surface area contributed by atoms with Crippen molar-refractivity contribution < 1.29 is 4.79 Å². The van der Waals surface area contributed by atoms with Crippen LogP contribution in [0.2, 0.25) is 0 Å². The zero-order chi connectivity index (χ0) is 15.9. The predicted molar refractivity (Wildman–Crippen MR) is 95.1 cm³/mol. The molecule has 2 aromatic rings. The van der Waals surface area contributed by atoms with E-state index >= 15 is 0 Å². The maximum absolute atomic E-state index is 12.3. The average molecular weight is 324 g/mol. The minimum Gasteiger partial charge on any atom is -0.339 e. The maximum Gasteiger partial charge on any atom is 0.246 e. The number of thioether (sulfide) groups is 1. The molecule has 1 unspecified atom stereocenters. The van der Waals surface area contributed by atoms with Crippen LogP contribution in [0.5, 0.6) is 0 Å². The standard InChI is InChI=1S/C19H20N2OS/c22-19(9-8-16-5-4-11-20-13-16)21-12-10-17(14-21)15-23-18-6-2-1-3-7-18/h1-9,11,13,17H,10,12,14-15H2. The third-order valence-electron chi connectivity index (χ3n) is 3.93. The van der Waals surface area contributed by atoms with E-state index in [0.717, 1.165) is 30.8 Å². The highest BCUT2D eigenvalue weighted by atomic mass is 32.2. The molecule has 4 heteroatoms. The fourth-order valence-corrected chi connectivity index (χ4v) is 3.70. The Morgan fingerprint density at radius 1 is 1.26 bits per heavy atom. The smallest absolute Gasteiger partial charge is 0.246 e. The van der Waals surface area contributed by atoms with Crippen molar-refractivity contribution in [1.82, 2.24) is 9.88 Å². The van der Waals surface area contributed by atoms with Crippen LogP contribution in [0.25, 0.3) is 6.08 Å². The van der Waals surface area contributed by atoms with Crippen LogP contribution < -0.4 is 0 Å². The lowest BCUT2D eigenvalue weighted by atomic mass is 10.2. The first-order valence-electron chi connectivity index (χ1n) is 7.86. The maximum atomic E-state index is 12.3. The number of pyridine rings is 1. The molecule has 0 N–H and O–H groups in total. The highest BCUT2D eigenvalue weighted by Crippen LogP contribution is 2.26. The van der Waals surface area contributed by atoms with Crippen LogP contribution >= 0.6 is 11.8 Å². The van der Waals surface area contributed by atoms with Crippen LogP contribution in [-0.2, 0) is 4.79 Å². The number of rotatable bonds is 5. The Morgan fingerprint density at radius 3 is 2.91 bits per heavy atom. The van der Waals surface area contributed by atoms with Crippen molar-refractivity contribution in [3.63, 3.8) is 0 Å². The summed E-state index contributed by atoms with van der Waals surface area (Å²) in [5.41, 5.74) is 0.955. The molecule has 1 aromatic carbocycles. The van der Waals surface area contributed by atoms with Crippen molar-refractivity contribution >= 4 is 23.7 Å². The molecule has 3 rings (SSSR count).